The van der Waals surface area contributed by atoms with E-state index >= 15 is 0 Å². The van der Waals surface area contributed by atoms with Crippen molar-refractivity contribution in [1.82, 2.24) is 10.3 Å². The fraction of sp³-hybridized carbons (Fsp3) is 0.267. The smallest absolute Gasteiger partial charge is 0.137 e. The largest absolute Gasteiger partial charge is 0.492 e. The van der Waals surface area contributed by atoms with Gasteiger partial charge in [0.25, 0.3) is 0 Å². The number of aromatic nitrogens is 1. The van der Waals surface area contributed by atoms with Gasteiger partial charge in [0.05, 0.1) is 23.9 Å². The highest BCUT2D eigenvalue weighted by atomic mass is 79.9. The lowest BCUT2D eigenvalue weighted by atomic mass is 10.0. The van der Waals surface area contributed by atoms with Crippen molar-refractivity contribution in [2.45, 2.75) is 13.0 Å². The third kappa shape index (κ3) is 3.51. The first-order valence-corrected chi connectivity index (χ1v) is 7.52. The van der Waals surface area contributed by atoms with Gasteiger partial charge in [-0.1, -0.05) is 17.7 Å². The molecule has 2 aromatic rings. The van der Waals surface area contributed by atoms with Gasteiger partial charge in [0, 0.05) is 10.7 Å². The summed E-state index contributed by atoms with van der Waals surface area (Å²) < 4.78 is 6.38. The lowest BCUT2D eigenvalue weighted by Crippen LogP contribution is -2.18. The highest BCUT2D eigenvalue weighted by Gasteiger charge is 2.14. The Balaban J connectivity index is 2.36. The number of rotatable bonds is 5. The van der Waals surface area contributed by atoms with Crippen LogP contribution < -0.4 is 10.1 Å². The molecule has 1 atom stereocenters. The van der Waals surface area contributed by atoms with Crippen LogP contribution in [0.15, 0.2) is 41.1 Å². The number of nitrogens with one attached hydrogen (secondary N) is 1. The van der Waals surface area contributed by atoms with Crippen LogP contribution >= 0.6 is 27.5 Å². The van der Waals surface area contributed by atoms with Crippen LogP contribution in [-0.2, 0) is 0 Å². The second-order valence-corrected chi connectivity index (χ2v) is 5.54. The molecule has 0 saturated heterocycles. The average Bonchev–Trinajstić information content (AvgIpc) is 2.44. The van der Waals surface area contributed by atoms with Crippen molar-refractivity contribution in [2.24, 2.45) is 0 Å². The van der Waals surface area contributed by atoms with Gasteiger partial charge in [0.15, 0.2) is 0 Å². The number of hydrogen-bond acceptors (Lipinski definition) is 3. The van der Waals surface area contributed by atoms with E-state index in [0.717, 1.165) is 21.3 Å². The van der Waals surface area contributed by atoms with Crippen LogP contribution in [0.2, 0.25) is 5.02 Å². The van der Waals surface area contributed by atoms with Crippen molar-refractivity contribution < 1.29 is 4.74 Å². The van der Waals surface area contributed by atoms with E-state index in [1.165, 1.54) is 0 Å². The molecule has 1 aromatic carbocycles. The van der Waals surface area contributed by atoms with Crippen molar-refractivity contribution in [3.05, 3.63) is 57.3 Å². The molecule has 0 amide bonds. The van der Waals surface area contributed by atoms with Crippen molar-refractivity contribution in [3.63, 3.8) is 0 Å². The molecule has 0 spiro atoms. The zero-order chi connectivity index (χ0) is 14.5. The molecular weight excluding hydrogens is 340 g/mol. The topological polar surface area (TPSA) is 34.1 Å². The molecule has 0 radical (unpaired) electrons. The summed E-state index contributed by atoms with van der Waals surface area (Å²) in [5, 5.41) is 3.99. The maximum absolute atomic E-state index is 6.04. The molecule has 1 heterocycles. The third-order valence-electron chi connectivity index (χ3n) is 2.94. The first kappa shape index (κ1) is 15.3. The molecule has 1 unspecified atom stereocenters. The first-order chi connectivity index (χ1) is 9.65. The molecule has 1 aromatic heterocycles. The SMILES string of the molecule is CCOc1cncc(C(NC)c2ccc(Cl)c(Br)c2)c1. The summed E-state index contributed by atoms with van der Waals surface area (Å²) in [6.45, 7) is 2.58. The zero-order valence-corrected chi connectivity index (χ0v) is 13.7. The molecule has 106 valence electrons. The van der Waals surface area contributed by atoms with E-state index in [9.17, 15) is 0 Å². The Kier molecular flexibility index (Phi) is 5.40. The predicted molar refractivity (Wildman–Crippen MR) is 85.5 cm³/mol. The van der Waals surface area contributed by atoms with Gasteiger partial charge in [0.2, 0.25) is 0 Å². The van der Waals surface area contributed by atoms with Crippen LogP contribution in [0.25, 0.3) is 0 Å². The van der Waals surface area contributed by atoms with E-state index in [1.807, 2.05) is 44.4 Å². The van der Waals surface area contributed by atoms with Gasteiger partial charge in [-0.3, -0.25) is 4.98 Å². The van der Waals surface area contributed by atoms with Crippen LogP contribution in [0, 0.1) is 0 Å². The lowest BCUT2D eigenvalue weighted by Gasteiger charge is -2.18. The second-order valence-electron chi connectivity index (χ2n) is 4.28. The minimum absolute atomic E-state index is 0.0384. The molecule has 0 aliphatic rings. The average molecular weight is 356 g/mol. The lowest BCUT2D eigenvalue weighted by molar-refractivity contribution is 0.338. The van der Waals surface area contributed by atoms with Crippen LogP contribution in [0.3, 0.4) is 0 Å². The normalized spacial score (nSPS) is 12.2. The minimum atomic E-state index is 0.0384. The number of benzene rings is 1. The Morgan fingerprint density at radius 1 is 1.30 bits per heavy atom. The van der Waals surface area contributed by atoms with Gasteiger partial charge in [-0.2, -0.15) is 0 Å². The van der Waals surface area contributed by atoms with Crippen molar-refractivity contribution >= 4 is 27.5 Å². The number of halogens is 2. The molecule has 0 saturated carbocycles. The van der Waals surface area contributed by atoms with E-state index in [4.69, 9.17) is 16.3 Å². The Bertz CT molecular complexity index is 592. The number of nitrogens with zero attached hydrogens (tertiary/aromatic N) is 1. The summed E-state index contributed by atoms with van der Waals surface area (Å²) in [6.07, 6.45) is 3.56. The fourth-order valence-electron chi connectivity index (χ4n) is 2.06. The molecule has 1 N–H and O–H groups in total. The van der Waals surface area contributed by atoms with E-state index in [2.05, 4.69) is 26.2 Å². The summed E-state index contributed by atoms with van der Waals surface area (Å²) >= 11 is 9.50. The van der Waals surface area contributed by atoms with Gasteiger partial charge < -0.3 is 10.1 Å². The molecule has 5 heteroatoms. The predicted octanol–water partition coefficient (Wildman–Crippen LogP) is 4.21. The van der Waals surface area contributed by atoms with E-state index in [-0.39, 0.29) is 6.04 Å². The highest BCUT2D eigenvalue weighted by Crippen LogP contribution is 2.29. The number of pyridine rings is 1. The van der Waals surface area contributed by atoms with Crippen molar-refractivity contribution in [3.8, 4) is 5.75 Å². The number of hydrogen-bond donors (Lipinski definition) is 1. The maximum Gasteiger partial charge on any atom is 0.137 e. The van der Waals surface area contributed by atoms with Gasteiger partial charge in [-0.05, 0) is 59.2 Å². The third-order valence-corrected chi connectivity index (χ3v) is 4.16. The molecule has 0 aliphatic heterocycles. The van der Waals surface area contributed by atoms with Gasteiger partial charge in [0.1, 0.15) is 5.75 Å². The zero-order valence-electron chi connectivity index (χ0n) is 11.4. The van der Waals surface area contributed by atoms with Crippen molar-refractivity contribution in [2.75, 3.05) is 13.7 Å². The van der Waals surface area contributed by atoms with E-state index in [1.54, 1.807) is 6.20 Å². The summed E-state index contributed by atoms with van der Waals surface area (Å²) in [7, 11) is 1.92. The fourth-order valence-corrected chi connectivity index (χ4v) is 2.57. The Morgan fingerprint density at radius 2 is 2.10 bits per heavy atom. The first-order valence-electron chi connectivity index (χ1n) is 6.35. The Labute approximate surface area is 132 Å². The van der Waals surface area contributed by atoms with Crippen LogP contribution in [0.5, 0.6) is 5.75 Å². The molecule has 0 aliphatic carbocycles. The molecule has 0 bridgehead atoms. The molecular formula is C15H16BrClN2O. The molecule has 20 heavy (non-hydrogen) atoms. The van der Waals surface area contributed by atoms with Crippen LogP contribution in [0.4, 0.5) is 0 Å². The summed E-state index contributed by atoms with van der Waals surface area (Å²) in [5.74, 6) is 0.776. The van der Waals surface area contributed by atoms with E-state index < -0.39 is 0 Å². The molecule has 0 fully saturated rings. The molecule has 3 nitrogen and oxygen atoms in total. The Hall–Kier alpha value is -1.10. The summed E-state index contributed by atoms with van der Waals surface area (Å²) in [4.78, 5) is 4.23. The summed E-state index contributed by atoms with van der Waals surface area (Å²) in [5.41, 5.74) is 2.16. The standard InChI is InChI=1S/C15H16BrClN2O/c1-3-20-12-6-11(8-19-9-12)15(18-2)10-4-5-14(17)13(16)7-10/h4-9,15,18H,3H2,1-2H3. The minimum Gasteiger partial charge on any atom is -0.492 e. The molecule has 2 rings (SSSR count). The monoisotopic (exact) mass is 354 g/mol. The van der Waals surface area contributed by atoms with Gasteiger partial charge in [-0.25, -0.2) is 0 Å². The maximum atomic E-state index is 6.04. The van der Waals surface area contributed by atoms with E-state index in [0.29, 0.717) is 11.6 Å². The summed E-state index contributed by atoms with van der Waals surface area (Å²) in [6, 6.07) is 7.93. The van der Waals surface area contributed by atoms with Crippen LogP contribution in [-0.4, -0.2) is 18.6 Å². The van der Waals surface area contributed by atoms with Crippen LogP contribution in [0.1, 0.15) is 24.1 Å². The quantitative estimate of drug-likeness (QED) is 0.872. The van der Waals surface area contributed by atoms with Gasteiger partial charge >= 0.3 is 0 Å². The highest BCUT2D eigenvalue weighted by molar-refractivity contribution is 9.10. The van der Waals surface area contributed by atoms with Gasteiger partial charge in [-0.15, -0.1) is 0 Å². The van der Waals surface area contributed by atoms with Crippen molar-refractivity contribution in [1.29, 1.82) is 0 Å². The number of ether oxygens (including phenoxy) is 1. The second kappa shape index (κ2) is 7.07. The Morgan fingerprint density at radius 3 is 2.75 bits per heavy atom.